The summed E-state index contributed by atoms with van der Waals surface area (Å²) in [5, 5.41) is 9.42. The quantitative estimate of drug-likeness (QED) is 0.505. The van der Waals surface area contributed by atoms with Gasteiger partial charge in [-0.3, -0.25) is 0 Å². The van der Waals surface area contributed by atoms with E-state index in [1.54, 1.807) is 7.11 Å². The number of ether oxygens (including phenoxy) is 2. The summed E-state index contributed by atoms with van der Waals surface area (Å²) in [6.45, 7) is 1.83. The largest absolute Gasteiger partial charge is 0.384 e. The molecule has 0 unspecified atom stereocenters. The van der Waals surface area contributed by atoms with Gasteiger partial charge < -0.3 is 20.3 Å². The van der Waals surface area contributed by atoms with Crippen LogP contribution in [0.5, 0.6) is 0 Å². The predicted molar refractivity (Wildman–Crippen MR) is 38.6 cm³/mol. The van der Waals surface area contributed by atoms with Crippen LogP contribution in [0.3, 0.4) is 0 Å². The predicted octanol–water partition coefficient (Wildman–Crippen LogP) is -1.26. The van der Waals surface area contributed by atoms with E-state index >= 15 is 0 Å². The fraction of sp³-hybridized carbons (Fsp3) is 1.00. The third kappa shape index (κ3) is 1.90. The number of hydrogen-bond donors (Lipinski definition) is 2. The molecule has 0 aliphatic carbocycles. The summed E-state index contributed by atoms with van der Waals surface area (Å²) in [5.41, 5.74) is 3.82. The van der Waals surface area contributed by atoms with Gasteiger partial charge in [0.1, 0.15) is 12.1 Å². The van der Waals surface area contributed by atoms with E-state index in [0.717, 1.165) is 0 Å². The van der Waals surface area contributed by atoms with Gasteiger partial charge in [0.05, 0.1) is 12.5 Å². The van der Waals surface area contributed by atoms with Gasteiger partial charge in [0.25, 0.3) is 0 Å². The van der Waals surface area contributed by atoms with Crippen molar-refractivity contribution in [2.75, 3.05) is 7.11 Å². The molecule has 1 heterocycles. The Hall–Kier alpha value is -0.160. The molecule has 1 aliphatic rings. The highest BCUT2D eigenvalue weighted by atomic mass is 16.7. The molecule has 4 nitrogen and oxygen atoms in total. The van der Waals surface area contributed by atoms with E-state index in [0.29, 0.717) is 6.42 Å². The summed E-state index contributed by atoms with van der Waals surface area (Å²) in [5.74, 6) is 0. The Kier molecular flexibility index (Phi) is 2.84. The lowest BCUT2D eigenvalue weighted by Crippen LogP contribution is -2.71. The van der Waals surface area contributed by atoms with E-state index in [9.17, 15) is 5.11 Å². The zero-order valence-corrected chi connectivity index (χ0v) is 6.99. The molecule has 0 aromatic carbocycles. The van der Waals surface area contributed by atoms with E-state index in [2.05, 4.69) is 5.73 Å². The minimum Gasteiger partial charge on any atom is -0.384 e. The second-order valence-corrected chi connectivity index (χ2v) is 2.99. The maximum atomic E-state index is 9.42. The van der Waals surface area contributed by atoms with Crippen LogP contribution in [0.4, 0.5) is 0 Å². The molecular formula is C7H16NO3+. The Bertz CT molecular complexity index is 119. The third-order valence-electron chi connectivity index (χ3n) is 2.09. The molecule has 0 amide bonds. The second-order valence-electron chi connectivity index (χ2n) is 2.99. The van der Waals surface area contributed by atoms with Gasteiger partial charge in [-0.05, 0) is 6.92 Å². The van der Waals surface area contributed by atoms with Crippen LogP contribution < -0.4 is 5.73 Å². The van der Waals surface area contributed by atoms with Crippen molar-refractivity contribution in [3.8, 4) is 0 Å². The van der Waals surface area contributed by atoms with Gasteiger partial charge >= 0.3 is 0 Å². The van der Waals surface area contributed by atoms with Crippen LogP contribution in [0.2, 0.25) is 0 Å². The fourth-order valence-electron chi connectivity index (χ4n) is 1.30. The molecule has 0 bridgehead atoms. The highest BCUT2D eigenvalue weighted by Crippen LogP contribution is 2.17. The number of hydrogen-bond acceptors (Lipinski definition) is 3. The smallest absolute Gasteiger partial charge is 0.163 e. The Labute approximate surface area is 66.3 Å². The fourth-order valence-corrected chi connectivity index (χ4v) is 1.30. The van der Waals surface area contributed by atoms with Gasteiger partial charge in [-0.2, -0.15) is 0 Å². The lowest BCUT2D eigenvalue weighted by molar-refractivity contribution is -0.464. The molecule has 1 saturated heterocycles. The molecule has 66 valence electrons. The van der Waals surface area contributed by atoms with Gasteiger partial charge in [-0.15, -0.1) is 0 Å². The maximum Gasteiger partial charge on any atom is 0.163 e. The number of quaternary nitrogens is 1. The number of aliphatic hydroxyl groups is 1. The molecule has 11 heavy (non-hydrogen) atoms. The summed E-state index contributed by atoms with van der Waals surface area (Å²) >= 11 is 0. The summed E-state index contributed by atoms with van der Waals surface area (Å²) in [6.07, 6.45) is -0.157. The highest BCUT2D eigenvalue weighted by Gasteiger charge is 2.35. The topological polar surface area (TPSA) is 66.3 Å². The Morgan fingerprint density at radius 1 is 1.64 bits per heavy atom. The minimum atomic E-state index is -0.457. The van der Waals surface area contributed by atoms with Crippen molar-refractivity contribution >= 4 is 0 Å². The molecule has 0 spiro atoms. The average molecular weight is 162 g/mol. The summed E-state index contributed by atoms with van der Waals surface area (Å²) < 4.78 is 10.3. The van der Waals surface area contributed by atoms with E-state index < -0.39 is 6.10 Å². The van der Waals surface area contributed by atoms with Crippen molar-refractivity contribution in [3.63, 3.8) is 0 Å². The van der Waals surface area contributed by atoms with E-state index in [1.165, 1.54) is 0 Å². The molecule has 4 atom stereocenters. The van der Waals surface area contributed by atoms with Gasteiger partial charge in [0.2, 0.25) is 0 Å². The van der Waals surface area contributed by atoms with Crippen molar-refractivity contribution in [2.24, 2.45) is 0 Å². The molecule has 0 saturated carbocycles. The summed E-state index contributed by atoms with van der Waals surface area (Å²) in [6, 6.07) is 0.0173. The minimum absolute atomic E-state index is 0.0173. The van der Waals surface area contributed by atoms with Gasteiger partial charge in [-0.25, -0.2) is 0 Å². The van der Waals surface area contributed by atoms with Crippen molar-refractivity contribution in [1.82, 2.24) is 0 Å². The van der Waals surface area contributed by atoms with Crippen molar-refractivity contribution in [3.05, 3.63) is 0 Å². The van der Waals surface area contributed by atoms with E-state index in [4.69, 9.17) is 9.47 Å². The van der Waals surface area contributed by atoms with Gasteiger partial charge in [-0.1, -0.05) is 0 Å². The van der Waals surface area contributed by atoms with Gasteiger partial charge in [0, 0.05) is 7.11 Å². The van der Waals surface area contributed by atoms with Crippen LogP contribution in [0.25, 0.3) is 0 Å². The monoisotopic (exact) mass is 162 g/mol. The third-order valence-corrected chi connectivity index (χ3v) is 2.09. The Balaban J connectivity index is 2.47. The average Bonchev–Trinajstić information content (AvgIpc) is 1.99. The maximum absolute atomic E-state index is 9.42. The van der Waals surface area contributed by atoms with Gasteiger partial charge in [0.15, 0.2) is 6.29 Å². The molecular weight excluding hydrogens is 146 g/mol. The van der Waals surface area contributed by atoms with Crippen LogP contribution in [0.1, 0.15) is 13.3 Å². The molecule has 4 N–H and O–H groups in total. The zero-order valence-electron chi connectivity index (χ0n) is 6.99. The number of rotatable bonds is 1. The molecule has 0 radical (unpaired) electrons. The molecule has 1 rings (SSSR count). The highest BCUT2D eigenvalue weighted by molar-refractivity contribution is 4.78. The van der Waals surface area contributed by atoms with Crippen molar-refractivity contribution < 1.29 is 20.3 Å². The molecule has 0 aromatic rings. The Morgan fingerprint density at radius 3 is 2.73 bits per heavy atom. The van der Waals surface area contributed by atoms with E-state index in [-0.39, 0.29) is 18.4 Å². The lowest BCUT2D eigenvalue weighted by Gasteiger charge is -2.33. The normalized spacial score (nSPS) is 45.8. The van der Waals surface area contributed by atoms with Crippen LogP contribution in [0, 0.1) is 0 Å². The summed E-state index contributed by atoms with van der Waals surface area (Å²) in [4.78, 5) is 0. The second kappa shape index (κ2) is 3.49. The molecule has 1 aliphatic heterocycles. The van der Waals surface area contributed by atoms with Crippen LogP contribution >= 0.6 is 0 Å². The van der Waals surface area contributed by atoms with Crippen LogP contribution in [-0.2, 0) is 9.47 Å². The summed E-state index contributed by atoms with van der Waals surface area (Å²) in [7, 11) is 1.60. The van der Waals surface area contributed by atoms with Crippen LogP contribution in [0.15, 0.2) is 0 Å². The molecule has 4 heteroatoms. The first-order valence-corrected chi connectivity index (χ1v) is 3.84. The van der Waals surface area contributed by atoms with Crippen LogP contribution in [-0.4, -0.2) is 36.8 Å². The zero-order chi connectivity index (χ0) is 8.43. The first-order valence-electron chi connectivity index (χ1n) is 3.84. The standard InChI is InChI=1S/C7H15NO3/c1-4-7(9)5(8)3-6(10-2)11-4/h4-7,9H,3,8H2,1-2H3/p+1/t4-,5+,6+,7-/m0/s1. The first kappa shape index (κ1) is 8.93. The lowest BCUT2D eigenvalue weighted by atomic mass is 10.0. The molecule has 1 fully saturated rings. The van der Waals surface area contributed by atoms with Crippen molar-refractivity contribution in [1.29, 1.82) is 0 Å². The SMILES string of the molecule is CO[C@H]1C[C@@H]([NH3+])[C@@H](O)[C@H](C)O1. The van der Waals surface area contributed by atoms with Crippen molar-refractivity contribution in [2.45, 2.75) is 37.9 Å². The number of methoxy groups -OCH3 is 1. The Morgan fingerprint density at radius 2 is 2.27 bits per heavy atom. The first-order chi connectivity index (χ1) is 5.15. The molecule has 0 aromatic heterocycles. The number of aliphatic hydroxyl groups excluding tert-OH is 1. The van der Waals surface area contributed by atoms with E-state index in [1.807, 2.05) is 6.92 Å².